The maximum atomic E-state index is 12.2. The fraction of sp³-hybridized carbons (Fsp3) is 0.346. The van der Waals surface area contributed by atoms with Gasteiger partial charge in [-0.25, -0.2) is 10.2 Å². The smallest absolute Gasteiger partial charge is 0.278 e. The van der Waals surface area contributed by atoms with E-state index in [2.05, 4.69) is 45.1 Å². The number of hydrogen-bond donors (Lipinski definition) is 4. The quantitative estimate of drug-likeness (QED) is 0.179. The predicted molar refractivity (Wildman–Crippen MR) is 141 cm³/mol. The Labute approximate surface area is 211 Å². The van der Waals surface area contributed by atoms with Crippen LogP contribution < -0.4 is 10.2 Å². The fourth-order valence-electron chi connectivity index (χ4n) is 4.78. The number of aryl methyl sites for hydroxylation is 1. The summed E-state index contributed by atoms with van der Waals surface area (Å²) in [6, 6.07) is 14.5. The van der Waals surface area contributed by atoms with E-state index in [-0.39, 0.29) is 6.04 Å². The lowest BCUT2D eigenvalue weighted by molar-refractivity contribution is -0.124. The topological polar surface area (TPSA) is 118 Å². The van der Waals surface area contributed by atoms with Gasteiger partial charge in [0.15, 0.2) is 0 Å². The number of nitrogens with one attached hydrogen (secondary N) is 3. The number of rotatable bonds is 11. The van der Waals surface area contributed by atoms with Gasteiger partial charge in [-0.05, 0) is 53.7 Å². The minimum absolute atomic E-state index is 0.174. The molecule has 9 nitrogen and oxygen atoms in total. The molecule has 0 aliphatic heterocycles. The molecule has 10 heteroatoms. The lowest BCUT2D eigenvalue weighted by Crippen LogP contribution is -2.41. The van der Waals surface area contributed by atoms with Gasteiger partial charge in [-0.3, -0.25) is 14.9 Å². The van der Waals surface area contributed by atoms with Crippen LogP contribution in [0.5, 0.6) is 0 Å². The number of para-hydroxylation sites is 1. The molecular formula is C26H33N5O4S. The van der Waals surface area contributed by atoms with Gasteiger partial charge in [0.25, 0.3) is 16.1 Å². The van der Waals surface area contributed by atoms with E-state index < -0.39 is 16.1 Å². The van der Waals surface area contributed by atoms with Crippen molar-refractivity contribution in [1.82, 2.24) is 24.4 Å². The van der Waals surface area contributed by atoms with E-state index in [1.165, 1.54) is 46.6 Å². The molecule has 4 N–H and O–H groups in total. The number of hydrogen-bond acceptors (Lipinski definition) is 5. The van der Waals surface area contributed by atoms with E-state index >= 15 is 0 Å². The Morgan fingerprint density at radius 1 is 1.19 bits per heavy atom. The van der Waals surface area contributed by atoms with Crippen LogP contribution in [0.3, 0.4) is 0 Å². The highest BCUT2D eigenvalue weighted by molar-refractivity contribution is 7.87. The zero-order chi connectivity index (χ0) is 25.7. The van der Waals surface area contributed by atoms with E-state index in [0.29, 0.717) is 13.1 Å². The largest absolute Gasteiger partial charge is 0.361 e. The Morgan fingerprint density at radius 3 is 2.78 bits per heavy atom. The molecule has 2 aromatic carbocycles. The molecule has 4 rings (SSSR count). The standard InChI is InChI=1S/C26H33N5O4S/c1-30(2)36(34,35)28-14-16-31(15-13-21-18-27-24-6-4-3-5-22(21)24)25-11-9-20-17-19(7-10-23(20)25)8-12-26(32)29-33/h3-8,10,12,17-18,25,27-28,33H,9,11,13-16H2,1-2H3,(H,29,32)/b12-8+. The molecule has 0 saturated heterocycles. The number of H-pyrrole nitrogens is 1. The van der Waals surface area contributed by atoms with Crippen molar-refractivity contribution in [3.05, 3.63) is 77.0 Å². The summed E-state index contributed by atoms with van der Waals surface area (Å²) in [6.07, 6.45) is 7.70. The first-order chi connectivity index (χ1) is 17.3. The Kier molecular flexibility index (Phi) is 8.22. The second kappa shape index (κ2) is 11.4. The van der Waals surface area contributed by atoms with Crippen LogP contribution in [0.25, 0.3) is 17.0 Å². The number of carbonyl (C=O) groups excluding carboxylic acids is 1. The van der Waals surface area contributed by atoms with Crippen molar-refractivity contribution in [1.29, 1.82) is 0 Å². The molecule has 0 saturated carbocycles. The zero-order valence-electron chi connectivity index (χ0n) is 20.6. The van der Waals surface area contributed by atoms with Crippen LogP contribution in [-0.4, -0.2) is 67.5 Å². The molecule has 0 spiro atoms. The number of aromatic nitrogens is 1. The van der Waals surface area contributed by atoms with E-state index in [0.717, 1.165) is 36.9 Å². The van der Waals surface area contributed by atoms with Crippen LogP contribution in [0.2, 0.25) is 0 Å². The molecule has 0 bridgehead atoms. The average molecular weight is 512 g/mol. The van der Waals surface area contributed by atoms with Crippen molar-refractivity contribution >= 4 is 33.1 Å². The molecule has 36 heavy (non-hydrogen) atoms. The minimum atomic E-state index is -3.49. The van der Waals surface area contributed by atoms with Crippen LogP contribution in [0.1, 0.15) is 34.7 Å². The van der Waals surface area contributed by atoms with Crippen molar-refractivity contribution < 1.29 is 18.4 Å². The molecule has 1 atom stereocenters. The van der Waals surface area contributed by atoms with Gasteiger partial charge in [-0.2, -0.15) is 12.7 Å². The predicted octanol–water partition coefficient (Wildman–Crippen LogP) is 2.61. The van der Waals surface area contributed by atoms with Crippen LogP contribution >= 0.6 is 0 Å². The summed E-state index contributed by atoms with van der Waals surface area (Å²) in [6.45, 7) is 1.68. The van der Waals surface area contributed by atoms with Crippen molar-refractivity contribution in [2.24, 2.45) is 0 Å². The third kappa shape index (κ3) is 6.03. The monoisotopic (exact) mass is 511 g/mol. The highest BCUT2D eigenvalue weighted by atomic mass is 32.2. The van der Waals surface area contributed by atoms with E-state index in [4.69, 9.17) is 5.21 Å². The van der Waals surface area contributed by atoms with E-state index in [1.54, 1.807) is 11.6 Å². The van der Waals surface area contributed by atoms with Gasteiger partial charge in [-0.1, -0.05) is 36.4 Å². The Hall–Kier alpha value is -3.02. The van der Waals surface area contributed by atoms with Crippen molar-refractivity contribution in [2.75, 3.05) is 33.7 Å². The molecule has 1 aliphatic carbocycles. The SMILES string of the molecule is CN(C)S(=O)(=O)NCCN(CCc1c[nH]c2ccccc12)C1CCc2cc(/C=C/C(=O)NO)ccc21. The maximum Gasteiger partial charge on any atom is 0.278 e. The molecule has 1 unspecified atom stereocenters. The third-order valence-corrected chi connectivity index (χ3v) is 8.23. The molecule has 0 fully saturated rings. The maximum absolute atomic E-state index is 12.2. The number of nitrogens with zero attached hydrogens (tertiary/aromatic N) is 2. The highest BCUT2D eigenvalue weighted by Gasteiger charge is 2.28. The van der Waals surface area contributed by atoms with Gasteiger partial charge >= 0.3 is 0 Å². The molecular weight excluding hydrogens is 478 g/mol. The van der Waals surface area contributed by atoms with Crippen LogP contribution in [0, 0.1) is 0 Å². The number of carbonyl (C=O) groups is 1. The summed E-state index contributed by atoms with van der Waals surface area (Å²) in [5.74, 6) is -0.572. The highest BCUT2D eigenvalue weighted by Crippen LogP contribution is 2.36. The van der Waals surface area contributed by atoms with Crippen molar-refractivity contribution in [3.8, 4) is 0 Å². The van der Waals surface area contributed by atoms with Crippen molar-refractivity contribution in [2.45, 2.75) is 25.3 Å². The fourth-order valence-corrected chi connectivity index (χ4v) is 5.39. The first-order valence-electron chi connectivity index (χ1n) is 12.0. The summed E-state index contributed by atoms with van der Waals surface area (Å²) >= 11 is 0. The van der Waals surface area contributed by atoms with Crippen molar-refractivity contribution in [3.63, 3.8) is 0 Å². The van der Waals surface area contributed by atoms with Gasteiger partial charge in [0.05, 0.1) is 0 Å². The van der Waals surface area contributed by atoms with Crippen LogP contribution in [-0.2, 0) is 27.8 Å². The summed E-state index contributed by atoms with van der Waals surface area (Å²) in [7, 11) is -0.464. The number of hydroxylamine groups is 1. The van der Waals surface area contributed by atoms with Crippen LogP contribution in [0.4, 0.5) is 0 Å². The summed E-state index contributed by atoms with van der Waals surface area (Å²) in [5, 5.41) is 9.90. The minimum Gasteiger partial charge on any atom is -0.361 e. The molecule has 1 aliphatic rings. The van der Waals surface area contributed by atoms with Gasteiger partial charge in [-0.15, -0.1) is 0 Å². The number of amides is 1. The molecule has 3 aromatic rings. The molecule has 1 aromatic heterocycles. The summed E-state index contributed by atoms with van der Waals surface area (Å²) in [4.78, 5) is 17.0. The summed E-state index contributed by atoms with van der Waals surface area (Å²) in [5.41, 5.74) is 7.29. The number of benzene rings is 2. The van der Waals surface area contributed by atoms with Gasteiger partial charge in [0, 0.05) is 62.9 Å². The molecule has 0 radical (unpaired) electrons. The summed E-state index contributed by atoms with van der Waals surface area (Å²) < 4.78 is 28.3. The molecule has 1 amide bonds. The average Bonchev–Trinajstić information content (AvgIpc) is 3.48. The van der Waals surface area contributed by atoms with Gasteiger partial charge in [0.2, 0.25) is 0 Å². The first kappa shape index (κ1) is 26.1. The Morgan fingerprint density at radius 2 is 2.00 bits per heavy atom. The second-order valence-electron chi connectivity index (χ2n) is 9.15. The van der Waals surface area contributed by atoms with Gasteiger partial charge < -0.3 is 4.98 Å². The lowest BCUT2D eigenvalue weighted by atomic mass is 10.0. The first-order valence-corrected chi connectivity index (χ1v) is 13.4. The van der Waals surface area contributed by atoms with Crippen LogP contribution in [0.15, 0.2) is 54.7 Å². The molecule has 1 heterocycles. The normalized spacial score (nSPS) is 15.9. The Balaban J connectivity index is 1.52. The Bertz CT molecular complexity index is 1350. The number of fused-ring (bicyclic) bond motifs is 2. The third-order valence-electron chi connectivity index (χ3n) is 6.70. The lowest BCUT2D eigenvalue weighted by Gasteiger charge is -2.30. The van der Waals surface area contributed by atoms with E-state index in [9.17, 15) is 13.2 Å². The second-order valence-corrected chi connectivity index (χ2v) is 11.1. The van der Waals surface area contributed by atoms with Gasteiger partial charge in [0.1, 0.15) is 0 Å². The number of aromatic amines is 1. The zero-order valence-corrected chi connectivity index (χ0v) is 21.4. The molecule has 192 valence electrons. The van der Waals surface area contributed by atoms with E-state index in [1.807, 2.05) is 18.2 Å².